The number of rotatable bonds is 7. The Kier molecular flexibility index (Phi) is 6.76. The number of carbonyl (C=O) groups excluding carboxylic acids is 2. The molecule has 158 valence electrons. The van der Waals surface area contributed by atoms with Crippen molar-refractivity contribution in [1.82, 2.24) is 0 Å². The van der Waals surface area contributed by atoms with E-state index in [1.54, 1.807) is 48.5 Å². The lowest BCUT2D eigenvalue weighted by Gasteiger charge is -2.11. The molecule has 0 aliphatic rings. The van der Waals surface area contributed by atoms with Gasteiger partial charge in [0.15, 0.2) is 0 Å². The average Bonchev–Trinajstić information content (AvgIpc) is 2.78. The van der Waals surface area contributed by atoms with Crippen LogP contribution in [0.4, 0.5) is 11.4 Å². The van der Waals surface area contributed by atoms with E-state index >= 15 is 0 Å². The van der Waals surface area contributed by atoms with Crippen LogP contribution in [0, 0.1) is 0 Å². The molecule has 3 aromatic carbocycles. The van der Waals surface area contributed by atoms with Crippen molar-refractivity contribution in [2.75, 3.05) is 10.6 Å². The Morgan fingerprint density at radius 3 is 1.35 bits per heavy atom. The molecule has 0 radical (unpaired) electrons. The van der Waals surface area contributed by atoms with Crippen LogP contribution in [0.1, 0.15) is 42.2 Å². The Morgan fingerprint density at radius 1 is 0.645 bits per heavy atom. The van der Waals surface area contributed by atoms with Gasteiger partial charge in [-0.05, 0) is 53.6 Å². The van der Waals surface area contributed by atoms with Crippen LogP contribution < -0.4 is 22.1 Å². The second-order valence-electron chi connectivity index (χ2n) is 6.81. The van der Waals surface area contributed by atoms with Crippen molar-refractivity contribution in [3.8, 4) is 0 Å². The first-order chi connectivity index (χ1) is 14.9. The van der Waals surface area contributed by atoms with Crippen LogP contribution in [0.5, 0.6) is 0 Å². The second kappa shape index (κ2) is 9.66. The first-order valence-corrected chi connectivity index (χ1v) is 9.48. The summed E-state index contributed by atoms with van der Waals surface area (Å²) in [4.78, 5) is 36.6. The van der Waals surface area contributed by atoms with Crippen LogP contribution in [0.25, 0.3) is 0 Å². The zero-order valence-corrected chi connectivity index (χ0v) is 16.6. The summed E-state index contributed by atoms with van der Waals surface area (Å²) in [5, 5.41) is 14.7. The number of hydrogen-bond donors (Lipinski definition) is 5. The highest BCUT2D eigenvalue weighted by molar-refractivity contribution is 6.07. The van der Waals surface area contributed by atoms with E-state index in [2.05, 4.69) is 10.6 Å². The molecule has 0 bridgehead atoms. The molecule has 0 aliphatic heterocycles. The first-order valence-electron chi connectivity index (χ1n) is 9.48. The fourth-order valence-corrected chi connectivity index (χ4v) is 2.89. The maximum Gasteiger partial charge on any atom is 0.335 e. The van der Waals surface area contributed by atoms with E-state index in [1.165, 1.54) is 18.2 Å². The summed E-state index contributed by atoms with van der Waals surface area (Å²) in [6.07, 6.45) is 0. The number of aromatic carboxylic acids is 1. The fourth-order valence-electron chi connectivity index (χ4n) is 2.89. The zero-order valence-electron chi connectivity index (χ0n) is 16.6. The minimum atomic E-state index is -1.19. The smallest absolute Gasteiger partial charge is 0.335 e. The number of carboxylic acid groups (broad SMARTS) is 1. The third-order valence-electron chi connectivity index (χ3n) is 4.60. The molecular weight excluding hydrogens is 396 g/mol. The maximum atomic E-state index is 12.5. The Morgan fingerprint density at radius 2 is 1.03 bits per heavy atom. The van der Waals surface area contributed by atoms with Gasteiger partial charge in [-0.15, -0.1) is 0 Å². The number of nitrogens with two attached hydrogens (primary N) is 2. The van der Waals surface area contributed by atoms with Gasteiger partial charge in [0.25, 0.3) is 11.8 Å². The minimum Gasteiger partial charge on any atom is -0.478 e. The van der Waals surface area contributed by atoms with Gasteiger partial charge in [-0.25, -0.2) is 4.79 Å². The highest BCUT2D eigenvalue weighted by atomic mass is 16.4. The average molecular weight is 418 g/mol. The van der Waals surface area contributed by atoms with Gasteiger partial charge >= 0.3 is 5.97 Å². The van der Waals surface area contributed by atoms with Gasteiger partial charge in [0.2, 0.25) is 0 Å². The van der Waals surface area contributed by atoms with Crippen LogP contribution in [-0.4, -0.2) is 22.9 Å². The van der Waals surface area contributed by atoms with E-state index in [0.717, 1.165) is 11.1 Å². The van der Waals surface area contributed by atoms with Crippen LogP contribution in [0.2, 0.25) is 0 Å². The number of anilines is 2. The topological polar surface area (TPSA) is 148 Å². The summed E-state index contributed by atoms with van der Waals surface area (Å²) in [7, 11) is 0. The van der Waals surface area contributed by atoms with Gasteiger partial charge in [-0.3, -0.25) is 9.59 Å². The van der Waals surface area contributed by atoms with E-state index in [0.29, 0.717) is 24.2 Å². The molecular formula is C23H22N4O4. The summed E-state index contributed by atoms with van der Waals surface area (Å²) in [5.74, 6) is -2.02. The van der Waals surface area contributed by atoms with Gasteiger partial charge in [0, 0.05) is 35.6 Å². The molecule has 2 amide bonds. The van der Waals surface area contributed by atoms with E-state index in [1.807, 2.05) is 0 Å². The van der Waals surface area contributed by atoms with Crippen LogP contribution in [0.15, 0.2) is 66.7 Å². The molecule has 8 nitrogen and oxygen atoms in total. The van der Waals surface area contributed by atoms with E-state index in [9.17, 15) is 19.5 Å². The molecule has 31 heavy (non-hydrogen) atoms. The summed E-state index contributed by atoms with van der Waals surface area (Å²) in [5.41, 5.74) is 14.1. The standard InChI is InChI=1S/C23H22N4O4/c24-12-14-1-5-16(6-2-14)21(28)26-19-9-18(23(30)31)10-20(11-19)27-22(29)17-7-3-15(13-25)4-8-17/h1-11H,12-13,24-25H2,(H,26,28)(H,27,29)(H,30,31). The van der Waals surface area contributed by atoms with Gasteiger partial charge in [-0.1, -0.05) is 24.3 Å². The number of amides is 2. The van der Waals surface area contributed by atoms with Gasteiger partial charge in [0.05, 0.1) is 5.56 Å². The number of carbonyl (C=O) groups is 3. The molecule has 8 heteroatoms. The van der Waals surface area contributed by atoms with Crippen LogP contribution in [-0.2, 0) is 13.1 Å². The SMILES string of the molecule is NCc1ccc(C(=O)Nc2cc(NC(=O)c3ccc(CN)cc3)cc(C(=O)O)c2)cc1. The van der Waals surface area contributed by atoms with Crippen molar-refractivity contribution in [3.05, 3.63) is 94.5 Å². The van der Waals surface area contributed by atoms with E-state index in [-0.39, 0.29) is 16.9 Å². The van der Waals surface area contributed by atoms with Crippen molar-refractivity contribution in [2.45, 2.75) is 13.1 Å². The lowest BCUT2D eigenvalue weighted by atomic mass is 10.1. The molecule has 7 N–H and O–H groups in total. The fraction of sp³-hybridized carbons (Fsp3) is 0.0870. The Bertz CT molecular complexity index is 1030. The number of hydrogen-bond acceptors (Lipinski definition) is 5. The van der Waals surface area contributed by atoms with Crippen LogP contribution in [0.3, 0.4) is 0 Å². The summed E-state index contributed by atoms with van der Waals surface area (Å²) >= 11 is 0. The van der Waals surface area contributed by atoms with E-state index < -0.39 is 17.8 Å². The molecule has 0 atom stereocenters. The highest BCUT2D eigenvalue weighted by Gasteiger charge is 2.13. The lowest BCUT2D eigenvalue weighted by Crippen LogP contribution is -2.15. The predicted molar refractivity (Wildman–Crippen MR) is 118 cm³/mol. The third-order valence-corrected chi connectivity index (χ3v) is 4.60. The molecule has 0 unspecified atom stereocenters. The van der Waals surface area contributed by atoms with Crippen molar-refractivity contribution in [2.24, 2.45) is 11.5 Å². The molecule has 0 aliphatic carbocycles. The molecule has 0 saturated carbocycles. The first kappa shape index (κ1) is 21.7. The van der Waals surface area contributed by atoms with Crippen molar-refractivity contribution in [1.29, 1.82) is 0 Å². The normalized spacial score (nSPS) is 10.4. The van der Waals surface area contributed by atoms with Crippen molar-refractivity contribution in [3.63, 3.8) is 0 Å². The van der Waals surface area contributed by atoms with E-state index in [4.69, 9.17) is 11.5 Å². The summed E-state index contributed by atoms with van der Waals surface area (Å²) in [6, 6.07) is 17.6. The number of carboxylic acids is 1. The minimum absolute atomic E-state index is 0.0786. The molecule has 0 heterocycles. The van der Waals surface area contributed by atoms with Gasteiger partial charge in [0.1, 0.15) is 0 Å². The molecule has 0 spiro atoms. The molecule has 3 rings (SSSR count). The Hall–Kier alpha value is -4.01. The summed E-state index contributed by atoms with van der Waals surface area (Å²) in [6.45, 7) is 0.723. The summed E-state index contributed by atoms with van der Waals surface area (Å²) < 4.78 is 0. The largest absolute Gasteiger partial charge is 0.478 e. The molecule has 3 aromatic rings. The number of benzene rings is 3. The van der Waals surface area contributed by atoms with Crippen LogP contribution >= 0.6 is 0 Å². The Labute approximate surface area is 178 Å². The second-order valence-corrected chi connectivity index (χ2v) is 6.81. The Balaban J connectivity index is 1.81. The van der Waals surface area contributed by atoms with Gasteiger partial charge in [-0.2, -0.15) is 0 Å². The lowest BCUT2D eigenvalue weighted by molar-refractivity contribution is 0.0696. The molecule has 0 fully saturated rings. The predicted octanol–water partition coefficient (Wildman–Crippen LogP) is 2.81. The quantitative estimate of drug-likeness (QED) is 0.398. The maximum absolute atomic E-state index is 12.5. The van der Waals surface area contributed by atoms with Gasteiger partial charge < -0.3 is 27.2 Å². The molecule has 0 saturated heterocycles. The van der Waals surface area contributed by atoms with Crippen molar-refractivity contribution >= 4 is 29.2 Å². The highest BCUT2D eigenvalue weighted by Crippen LogP contribution is 2.21. The molecule has 0 aromatic heterocycles. The number of nitrogens with one attached hydrogen (secondary N) is 2. The van der Waals surface area contributed by atoms with Crippen molar-refractivity contribution < 1.29 is 19.5 Å². The monoisotopic (exact) mass is 418 g/mol. The zero-order chi connectivity index (χ0) is 22.4. The third kappa shape index (κ3) is 5.53.